The van der Waals surface area contributed by atoms with Crippen molar-refractivity contribution in [2.75, 3.05) is 11.9 Å². The zero-order valence-electron chi connectivity index (χ0n) is 9.71. The molecule has 1 unspecified atom stereocenters. The summed E-state index contributed by atoms with van der Waals surface area (Å²) >= 11 is 0. The van der Waals surface area contributed by atoms with Crippen molar-refractivity contribution >= 4 is 47.5 Å². The third-order valence-corrected chi connectivity index (χ3v) is 5.74. The molecule has 0 bridgehead atoms. The molecule has 0 N–H and O–H groups in total. The highest BCUT2D eigenvalue weighted by atomic mass is 35.7. The summed E-state index contributed by atoms with van der Waals surface area (Å²) < 4.78 is 4.36. The Kier molecular flexibility index (Phi) is 3.33. The predicted octanol–water partition coefficient (Wildman–Crippen LogP) is 5.06. The smallest absolute Gasteiger partial charge is 0.0873 e. The van der Waals surface area contributed by atoms with Gasteiger partial charge in [0, 0.05) is 23.3 Å². The van der Waals surface area contributed by atoms with Crippen LogP contribution < -0.4 is 4.90 Å². The van der Waals surface area contributed by atoms with E-state index < -0.39 is 8.94 Å². The van der Waals surface area contributed by atoms with Crippen molar-refractivity contribution in [1.82, 2.24) is 0 Å². The van der Waals surface area contributed by atoms with Crippen molar-refractivity contribution in [3.63, 3.8) is 0 Å². The monoisotopic (exact) mass is 294 g/mol. The van der Waals surface area contributed by atoms with Crippen LogP contribution in [-0.4, -0.2) is 7.05 Å². The maximum absolute atomic E-state index is 6.04. The highest BCUT2D eigenvalue weighted by Crippen LogP contribution is 2.44. The average molecular weight is 295 g/mol. The van der Waals surface area contributed by atoms with E-state index in [4.69, 9.17) is 10.7 Å². The lowest BCUT2D eigenvalue weighted by molar-refractivity contribution is 1.19. The topological polar surface area (TPSA) is 15.6 Å². The van der Waals surface area contributed by atoms with Gasteiger partial charge in [0.2, 0.25) is 0 Å². The summed E-state index contributed by atoms with van der Waals surface area (Å²) in [6.07, 6.45) is 0. The van der Waals surface area contributed by atoms with Crippen molar-refractivity contribution in [1.29, 1.82) is 0 Å². The molecule has 0 saturated heterocycles. The summed E-state index contributed by atoms with van der Waals surface area (Å²) in [6, 6.07) is 16.5. The van der Waals surface area contributed by atoms with Gasteiger partial charge in [-0.1, -0.05) is 18.2 Å². The van der Waals surface area contributed by atoms with Gasteiger partial charge in [0.15, 0.2) is 0 Å². The number of nitrogens with zero attached hydrogens (tertiary/aromatic N) is 2. The molecule has 0 fully saturated rings. The fourth-order valence-electron chi connectivity index (χ4n) is 1.82. The molecule has 0 spiro atoms. The first-order valence-electron chi connectivity index (χ1n) is 5.47. The van der Waals surface area contributed by atoms with Gasteiger partial charge in [0.05, 0.1) is 14.6 Å². The first kappa shape index (κ1) is 12.1. The number of anilines is 2. The van der Waals surface area contributed by atoms with Crippen molar-refractivity contribution in [3.05, 3.63) is 48.5 Å². The highest BCUT2D eigenvalue weighted by molar-refractivity contribution is 8.78. The maximum atomic E-state index is 6.04. The molecule has 2 aromatic carbocycles. The minimum absolute atomic E-state index is 0.440. The van der Waals surface area contributed by atoms with Gasteiger partial charge in [-0.25, -0.2) is 4.36 Å². The van der Waals surface area contributed by atoms with Crippen LogP contribution in [0.1, 0.15) is 0 Å². The fraction of sp³-hybridized carbons (Fsp3) is 0.0769. The van der Waals surface area contributed by atoms with Gasteiger partial charge in [0.25, 0.3) is 0 Å². The molecule has 0 saturated carbocycles. The van der Waals surface area contributed by atoms with E-state index in [0.29, 0.717) is 0 Å². The Morgan fingerprint density at radius 1 is 1.11 bits per heavy atom. The van der Waals surface area contributed by atoms with Crippen LogP contribution in [-0.2, 0) is 8.94 Å². The number of para-hydroxylation sites is 1. The van der Waals surface area contributed by atoms with Crippen LogP contribution in [0.4, 0.5) is 17.1 Å². The van der Waals surface area contributed by atoms with Gasteiger partial charge in [0.1, 0.15) is 0 Å². The third kappa shape index (κ3) is 2.28. The molecule has 18 heavy (non-hydrogen) atoms. The van der Waals surface area contributed by atoms with Crippen LogP contribution in [0.3, 0.4) is 0 Å². The normalized spacial score (nSPS) is 17.1. The number of fused-ring (bicyclic) bond motifs is 1. The molecular formula is C13H11ClN2S2. The van der Waals surface area contributed by atoms with Crippen LogP contribution in [0.25, 0.3) is 0 Å². The lowest BCUT2D eigenvalue weighted by Gasteiger charge is -2.19. The Bertz CT molecular complexity index is 614. The Morgan fingerprint density at radius 3 is 2.67 bits per heavy atom. The molecule has 3 rings (SSSR count). The number of rotatable bonds is 2. The summed E-state index contributed by atoms with van der Waals surface area (Å²) in [5.74, 6) is 0. The highest BCUT2D eigenvalue weighted by Gasteiger charge is 2.15. The summed E-state index contributed by atoms with van der Waals surface area (Å²) in [5.41, 5.74) is 3.32. The maximum Gasteiger partial charge on any atom is 0.0873 e. The Labute approximate surface area is 117 Å². The van der Waals surface area contributed by atoms with E-state index in [9.17, 15) is 0 Å². The molecule has 2 aromatic rings. The van der Waals surface area contributed by atoms with Gasteiger partial charge in [-0.15, -0.1) is 0 Å². The second kappa shape index (κ2) is 4.96. The van der Waals surface area contributed by atoms with Crippen molar-refractivity contribution in [2.24, 2.45) is 4.36 Å². The van der Waals surface area contributed by atoms with Gasteiger partial charge in [-0.3, -0.25) is 0 Å². The number of halogens is 1. The lowest BCUT2D eigenvalue weighted by atomic mass is 10.2. The van der Waals surface area contributed by atoms with Crippen molar-refractivity contribution in [2.45, 2.75) is 4.90 Å². The molecule has 0 aromatic heterocycles. The molecule has 5 heteroatoms. The van der Waals surface area contributed by atoms with Crippen molar-refractivity contribution < 1.29 is 0 Å². The Hall–Kier alpha value is -0.970. The van der Waals surface area contributed by atoms with Gasteiger partial charge in [-0.2, -0.15) is 0 Å². The van der Waals surface area contributed by atoms with Gasteiger partial charge >= 0.3 is 0 Å². The van der Waals surface area contributed by atoms with Crippen LogP contribution in [0.5, 0.6) is 0 Å². The van der Waals surface area contributed by atoms with Crippen LogP contribution in [0.2, 0.25) is 0 Å². The van der Waals surface area contributed by atoms with E-state index in [1.54, 1.807) is 10.8 Å². The zero-order chi connectivity index (χ0) is 12.5. The Morgan fingerprint density at radius 2 is 1.89 bits per heavy atom. The number of hydrogen-bond acceptors (Lipinski definition) is 3. The summed E-state index contributed by atoms with van der Waals surface area (Å²) in [5, 5.41) is 0. The van der Waals surface area contributed by atoms with Crippen LogP contribution in [0.15, 0.2) is 57.8 Å². The Balaban J connectivity index is 1.94. The van der Waals surface area contributed by atoms with Gasteiger partial charge in [-0.05, 0) is 51.8 Å². The fourth-order valence-corrected chi connectivity index (χ4v) is 4.78. The minimum atomic E-state index is -0.440. The van der Waals surface area contributed by atoms with E-state index in [1.165, 1.54) is 5.69 Å². The van der Waals surface area contributed by atoms with E-state index in [-0.39, 0.29) is 0 Å². The molecule has 0 aliphatic carbocycles. The average Bonchev–Trinajstić information content (AvgIpc) is 2.78. The standard InChI is InChI=1S/C13H11ClN2S2/c1-16(10-5-3-2-4-6-10)11-7-8-12-13(9-11)17-18(14)15-12/h2-9H,1H3. The molecule has 1 aliphatic rings. The molecular weight excluding hydrogens is 284 g/mol. The van der Waals surface area contributed by atoms with Crippen LogP contribution >= 0.6 is 21.5 Å². The SMILES string of the molecule is CN(c1ccccc1)c1ccc2c(c1)SS(Cl)=N2. The van der Waals surface area contributed by atoms with E-state index in [0.717, 1.165) is 16.3 Å². The first-order valence-corrected chi connectivity index (χ1v) is 8.82. The molecule has 1 aliphatic heterocycles. The molecule has 92 valence electrons. The van der Waals surface area contributed by atoms with Gasteiger partial charge < -0.3 is 4.90 Å². The van der Waals surface area contributed by atoms with E-state index >= 15 is 0 Å². The number of benzene rings is 2. The summed E-state index contributed by atoms with van der Waals surface area (Å²) in [4.78, 5) is 3.32. The lowest BCUT2D eigenvalue weighted by Crippen LogP contribution is -2.08. The first-order chi connectivity index (χ1) is 8.74. The second-order valence-electron chi connectivity index (χ2n) is 3.93. The zero-order valence-corrected chi connectivity index (χ0v) is 12.1. The third-order valence-electron chi connectivity index (χ3n) is 2.80. The molecule has 0 amide bonds. The minimum Gasteiger partial charge on any atom is -0.345 e. The van der Waals surface area contributed by atoms with Crippen LogP contribution in [0, 0.1) is 0 Å². The van der Waals surface area contributed by atoms with E-state index in [2.05, 4.69) is 40.6 Å². The molecule has 1 atom stereocenters. The second-order valence-corrected chi connectivity index (χ2v) is 8.00. The van der Waals surface area contributed by atoms with Crippen molar-refractivity contribution in [3.8, 4) is 0 Å². The largest absolute Gasteiger partial charge is 0.345 e. The molecule has 1 heterocycles. The predicted molar refractivity (Wildman–Crippen MR) is 82.1 cm³/mol. The molecule has 2 nitrogen and oxygen atoms in total. The van der Waals surface area contributed by atoms with E-state index in [1.807, 2.05) is 24.3 Å². The quantitative estimate of drug-likeness (QED) is 0.719. The molecule has 0 radical (unpaired) electrons. The summed E-state index contributed by atoms with van der Waals surface area (Å²) in [7, 11) is 9.28. The summed E-state index contributed by atoms with van der Waals surface area (Å²) in [6.45, 7) is 0. The number of hydrogen-bond donors (Lipinski definition) is 0.